The molecule has 0 atom stereocenters. The Kier molecular flexibility index (Phi) is 4.32. The second kappa shape index (κ2) is 6.50. The Morgan fingerprint density at radius 1 is 1.07 bits per heavy atom. The highest BCUT2D eigenvalue weighted by Gasteiger charge is 2.54. The molecule has 3 aromatic heterocycles. The van der Waals surface area contributed by atoms with Gasteiger partial charge in [0.15, 0.2) is 5.82 Å². The summed E-state index contributed by atoms with van der Waals surface area (Å²) in [7, 11) is 2.96. The van der Waals surface area contributed by atoms with E-state index in [2.05, 4.69) is 20.1 Å². The second-order valence-corrected chi connectivity index (χ2v) is 7.77. The van der Waals surface area contributed by atoms with E-state index in [1.54, 1.807) is 41.7 Å². The predicted octanol–water partition coefficient (Wildman–Crippen LogP) is 2.99. The summed E-state index contributed by atoms with van der Waals surface area (Å²) in [4.78, 5) is 14.4. The third-order valence-corrected chi connectivity index (χ3v) is 5.30. The first-order valence-electron chi connectivity index (χ1n) is 9.10. The molecule has 4 heterocycles. The van der Waals surface area contributed by atoms with Gasteiger partial charge >= 0.3 is 6.01 Å². The quantitative estimate of drug-likeness (QED) is 0.662. The molecule has 154 valence electrons. The zero-order valence-electron chi connectivity index (χ0n) is 16.9. The zero-order chi connectivity index (χ0) is 21.0. The average Bonchev–Trinajstić information content (AvgIpc) is 3.20. The summed E-state index contributed by atoms with van der Waals surface area (Å²) in [5, 5.41) is 4.61. The Hall–Kier alpha value is -3.04. The molecule has 0 saturated carbocycles. The molecule has 0 aromatic carbocycles. The van der Waals surface area contributed by atoms with E-state index in [0.717, 1.165) is 5.69 Å². The van der Waals surface area contributed by atoms with Gasteiger partial charge in [-0.3, -0.25) is 0 Å². The summed E-state index contributed by atoms with van der Waals surface area (Å²) in [5.74, 6) is -2.04. The molecule has 4 rings (SSSR count). The fourth-order valence-electron chi connectivity index (χ4n) is 3.49. The van der Waals surface area contributed by atoms with Crippen molar-refractivity contribution in [2.24, 2.45) is 5.41 Å². The third-order valence-electron chi connectivity index (χ3n) is 5.30. The van der Waals surface area contributed by atoms with Crippen LogP contribution in [-0.2, 0) is 0 Å². The van der Waals surface area contributed by atoms with Crippen molar-refractivity contribution in [1.82, 2.24) is 24.6 Å². The van der Waals surface area contributed by atoms with Crippen molar-refractivity contribution < 1.29 is 18.3 Å². The molecule has 8 nitrogen and oxygen atoms in total. The number of hydrogen-bond donors (Lipinski definition) is 0. The van der Waals surface area contributed by atoms with Gasteiger partial charge in [0, 0.05) is 18.2 Å². The molecule has 1 aliphatic rings. The van der Waals surface area contributed by atoms with Gasteiger partial charge in [0.25, 0.3) is 5.92 Å². The van der Waals surface area contributed by atoms with Gasteiger partial charge in [-0.2, -0.15) is 10.1 Å². The predicted molar refractivity (Wildman–Crippen MR) is 103 cm³/mol. The number of fused-ring (bicyclic) bond motifs is 1. The van der Waals surface area contributed by atoms with E-state index < -0.39 is 11.3 Å². The lowest BCUT2D eigenvalue weighted by molar-refractivity contribution is -0.0642. The lowest BCUT2D eigenvalue weighted by Gasteiger charge is -2.24. The highest BCUT2D eigenvalue weighted by molar-refractivity contribution is 5.77. The molecule has 0 amide bonds. The van der Waals surface area contributed by atoms with Crippen LogP contribution in [0.5, 0.6) is 11.9 Å². The summed E-state index contributed by atoms with van der Waals surface area (Å²) in [5.41, 5.74) is 1.37. The van der Waals surface area contributed by atoms with Crippen LogP contribution in [0.15, 0.2) is 18.5 Å². The number of alkyl halides is 2. The molecule has 0 unspecified atom stereocenters. The van der Waals surface area contributed by atoms with Crippen molar-refractivity contribution in [1.29, 1.82) is 0 Å². The number of ether oxygens (including phenoxy) is 2. The van der Waals surface area contributed by atoms with Gasteiger partial charge in [0.05, 0.1) is 38.2 Å². The molecule has 3 aromatic rings. The standard InChI is InChI=1S/C19H22F2N6O2/c1-11-7-22-15(26-9-18(2,3)19(20,21)10-26)14-6-13(25-27(11)14)12-8-23-17(29-5)24-16(12)28-4/h6-8H,9-10H2,1-5H3. The summed E-state index contributed by atoms with van der Waals surface area (Å²) in [6, 6.07) is 1.96. The van der Waals surface area contributed by atoms with Gasteiger partial charge in [-0.25, -0.2) is 23.3 Å². The number of methoxy groups -OCH3 is 2. The van der Waals surface area contributed by atoms with E-state index in [0.29, 0.717) is 28.5 Å². The molecule has 1 fully saturated rings. The van der Waals surface area contributed by atoms with Crippen LogP contribution in [0, 0.1) is 12.3 Å². The van der Waals surface area contributed by atoms with Gasteiger partial charge in [-0.1, -0.05) is 13.8 Å². The van der Waals surface area contributed by atoms with Crippen LogP contribution in [-0.4, -0.2) is 57.8 Å². The maximum Gasteiger partial charge on any atom is 0.319 e. The number of nitrogens with zero attached hydrogens (tertiary/aromatic N) is 6. The van der Waals surface area contributed by atoms with Crippen molar-refractivity contribution in [3.05, 3.63) is 24.2 Å². The lowest BCUT2D eigenvalue weighted by Crippen LogP contribution is -2.34. The molecule has 29 heavy (non-hydrogen) atoms. The molecule has 0 radical (unpaired) electrons. The topological polar surface area (TPSA) is 77.7 Å². The van der Waals surface area contributed by atoms with Gasteiger partial charge in [0.1, 0.15) is 11.2 Å². The minimum Gasteiger partial charge on any atom is -0.480 e. The monoisotopic (exact) mass is 404 g/mol. The zero-order valence-corrected chi connectivity index (χ0v) is 16.9. The smallest absolute Gasteiger partial charge is 0.319 e. The van der Waals surface area contributed by atoms with Crippen LogP contribution >= 0.6 is 0 Å². The number of halogens is 2. The van der Waals surface area contributed by atoms with Crippen LogP contribution < -0.4 is 14.4 Å². The highest BCUT2D eigenvalue weighted by Crippen LogP contribution is 2.45. The Labute approximate surface area is 166 Å². The van der Waals surface area contributed by atoms with Crippen LogP contribution in [0.1, 0.15) is 19.5 Å². The minimum absolute atomic E-state index is 0.175. The van der Waals surface area contributed by atoms with E-state index in [1.165, 1.54) is 14.2 Å². The third kappa shape index (κ3) is 3.02. The maximum absolute atomic E-state index is 14.4. The number of aromatic nitrogens is 5. The molecule has 10 heteroatoms. The number of anilines is 1. The van der Waals surface area contributed by atoms with Crippen molar-refractivity contribution in [2.45, 2.75) is 26.7 Å². The first-order valence-corrected chi connectivity index (χ1v) is 9.10. The molecular formula is C19H22F2N6O2. The van der Waals surface area contributed by atoms with E-state index in [-0.39, 0.29) is 19.1 Å². The largest absolute Gasteiger partial charge is 0.480 e. The van der Waals surface area contributed by atoms with E-state index in [1.807, 2.05) is 6.92 Å². The molecular weight excluding hydrogens is 382 g/mol. The summed E-state index contributed by atoms with van der Waals surface area (Å²) in [6.45, 7) is 4.80. The van der Waals surface area contributed by atoms with Crippen molar-refractivity contribution in [3.8, 4) is 23.1 Å². The first-order chi connectivity index (χ1) is 13.7. The second-order valence-electron chi connectivity index (χ2n) is 7.77. The fraction of sp³-hybridized carbons (Fsp3) is 0.474. The van der Waals surface area contributed by atoms with Crippen molar-refractivity contribution in [3.63, 3.8) is 0 Å². The molecule has 0 N–H and O–H groups in total. The maximum atomic E-state index is 14.4. The summed E-state index contributed by atoms with van der Waals surface area (Å²) >= 11 is 0. The molecule has 0 aliphatic carbocycles. The number of rotatable bonds is 4. The van der Waals surface area contributed by atoms with Gasteiger partial charge in [0.2, 0.25) is 5.88 Å². The Bertz CT molecular complexity index is 1070. The number of hydrogen-bond acceptors (Lipinski definition) is 7. The Morgan fingerprint density at radius 2 is 1.83 bits per heavy atom. The molecule has 0 bridgehead atoms. The van der Waals surface area contributed by atoms with Crippen LogP contribution in [0.25, 0.3) is 16.8 Å². The van der Waals surface area contributed by atoms with Crippen LogP contribution in [0.2, 0.25) is 0 Å². The lowest BCUT2D eigenvalue weighted by atomic mass is 9.89. The van der Waals surface area contributed by atoms with Gasteiger partial charge < -0.3 is 14.4 Å². The average molecular weight is 404 g/mol. The van der Waals surface area contributed by atoms with Gasteiger partial charge in [-0.05, 0) is 13.0 Å². The van der Waals surface area contributed by atoms with E-state index in [9.17, 15) is 8.78 Å². The minimum atomic E-state index is -2.81. The molecule has 0 spiro atoms. The Balaban J connectivity index is 1.84. The van der Waals surface area contributed by atoms with E-state index in [4.69, 9.17) is 9.47 Å². The van der Waals surface area contributed by atoms with Crippen LogP contribution in [0.4, 0.5) is 14.6 Å². The first kappa shape index (κ1) is 19.3. The Morgan fingerprint density at radius 3 is 2.45 bits per heavy atom. The van der Waals surface area contributed by atoms with Crippen molar-refractivity contribution >= 4 is 11.3 Å². The SMILES string of the molecule is COc1ncc(-c2cc3c(N4CC(C)(C)C(F)(F)C4)ncc(C)n3n2)c(OC)n1. The molecule has 1 aliphatic heterocycles. The fourth-order valence-corrected chi connectivity index (χ4v) is 3.49. The normalized spacial score (nSPS) is 17.7. The summed E-state index contributed by atoms with van der Waals surface area (Å²) in [6.07, 6.45) is 3.19. The summed E-state index contributed by atoms with van der Waals surface area (Å²) < 4.78 is 41.0. The molecule has 1 saturated heterocycles. The van der Waals surface area contributed by atoms with E-state index >= 15 is 0 Å². The highest BCUT2D eigenvalue weighted by atomic mass is 19.3. The van der Waals surface area contributed by atoms with Gasteiger partial charge in [-0.15, -0.1) is 0 Å². The van der Waals surface area contributed by atoms with Crippen molar-refractivity contribution in [2.75, 3.05) is 32.2 Å². The number of aryl methyl sites for hydroxylation is 1. The van der Waals surface area contributed by atoms with Crippen LogP contribution in [0.3, 0.4) is 0 Å².